The number of fused-ring (bicyclic) bond motifs is 2. The Morgan fingerprint density at radius 1 is 0.775 bits per heavy atom. The normalized spacial score (nSPS) is 19.7. The van der Waals surface area contributed by atoms with Gasteiger partial charge in [-0.25, -0.2) is 0 Å². The number of ether oxygens (including phenoxy) is 5. The van der Waals surface area contributed by atoms with Crippen LogP contribution in [0.5, 0.6) is 5.75 Å². The van der Waals surface area contributed by atoms with E-state index in [0.29, 0.717) is 49.7 Å². The quantitative estimate of drug-likeness (QED) is 0.457. The number of amides is 1. The molecule has 40 heavy (non-hydrogen) atoms. The Bertz CT molecular complexity index is 1090. The molecule has 4 rings (SSSR count). The van der Waals surface area contributed by atoms with E-state index in [1.54, 1.807) is 12.1 Å². The summed E-state index contributed by atoms with van der Waals surface area (Å²) in [7, 11) is 0. The van der Waals surface area contributed by atoms with Gasteiger partial charge in [-0.15, -0.1) is 0 Å². The molecule has 2 atom stereocenters. The molecule has 3 aromatic rings. The van der Waals surface area contributed by atoms with Crippen molar-refractivity contribution in [3.8, 4) is 5.75 Å². The number of carbonyl (C=O) groups excluding carboxylic acids is 1. The maximum atomic E-state index is 12.8. The summed E-state index contributed by atoms with van der Waals surface area (Å²) in [6, 6.07) is 23.0. The van der Waals surface area contributed by atoms with Crippen molar-refractivity contribution in [2.75, 3.05) is 46.2 Å². The second-order valence-corrected chi connectivity index (χ2v) is 9.58. The molecule has 0 spiro atoms. The van der Waals surface area contributed by atoms with Crippen LogP contribution in [0.3, 0.4) is 0 Å². The topological polar surface area (TPSA) is 95.5 Å². The Kier molecular flexibility index (Phi) is 12.0. The average Bonchev–Trinajstić information content (AvgIpc) is 2.99. The van der Waals surface area contributed by atoms with Crippen molar-refractivity contribution in [1.29, 1.82) is 0 Å². The summed E-state index contributed by atoms with van der Waals surface area (Å²) >= 11 is 0. The van der Waals surface area contributed by atoms with Gasteiger partial charge >= 0.3 is 0 Å². The average molecular weight is 550 g/mol. The number of aromatic hydroxyl groups is 1. The van der Waals surface area contributed by atoms with Crippen LogP contribution in [-0.4, -0.2) is 57.2 Å². The van der Waals surface area contributed by atoms with E-state index in [2.05, 4.69) is 5.32 Å². The zero-order chi connectivity index (χ0) is 28.0. The SMILES string of the molecule is CCCNC(=O)c1cc2c(O)c(c1)COC[C@H](c1ccccc1)OCCOCCO[C@@H](c1ccccc1)COC2. The molecule has 0 fully saturated rings. The van der Waals surface area contributed by atoms with Gasteiger partial charge in [-0.2, -0.15) is 0 Å². The number of benzene rings is 3. The van der Waals surface area contributed by atoms with Crippen molar-refractivity contribution in [2.24, 2.45) is 0 Å². The van der Waals surface area contributed by atoms with E-state index in [1.165, 1.54) is 0 Å². The van der Waals surface area contributed by atoms with Crippen LogP contribution in [-0.2, 0) is 36.9 Å². The van der Waals surface area contributed by atoms with E-state index in [4.69, 9.17) is 23.7 Å². The van der Waals surface area contributed by atoms with Gasteiger partial charge < -0.3 is 34.1 Å². The number of phenols is 1. The Morgan fingerprint density at radius 3 is 1.75 bits per heavy atom. The Hall–Kier alpha value is -3.27. The van der Waals surface area contributed by atoms with Gasteiger partial charge in [0.05, 0.1) is 52.9 Å². The summed E-state index contributed by atoms with van der Waals surface area (Å²) < 4.78 is 30.1. The first kappa shape index (κ1) is 29.7. The summed E-state index contributed by atoms with van der Waals surface area (Å²) in [6.07, 6.45) is 0.189. The maximum Gasteiger partial charge on any atom is 0.251 e. The highest BCUT2D eigenvalue weighted by molar-refractivity contribution is 5.94. The number of rotatable bonds is 5. The van der Waals surface area contributed by atoms with Gasteiger partial charge in [0.25, 0.3) is 5.91 Å². The molecule has 0 aliphatic carbocycles. The molecule has 2 bridgehead atoms. The number of nitrogens with one attached hydrogen (secondary N) is 1. The van der Waals surface area contributed by atoms with Crippen LogP contribution in [0.15, 0.2) is 72.8 Å². The molecule has 1 aliphatic heterocycles. The fourth-order valence-corrected chi connectivity index (χ4v) is 4.42. The van der Waals surface area contributed by atoms with Crippen LogP contribution in [0.4, 0.5) is 0 Å². The molecule has 1 amide bonds. The third-order valence-corrected chi connectivity index (χ3v) is 6.56. The monoisotopic (exact) mass is 549 g/mol. The highest BCUT2D eigenvalue weighted by Gasteiger charge is 2.19. The maximum absolute atomic E-state index is 12.8. The van der Waals surface area contributed by atoms with Crippen LogP contribution in [0.25, 0.3) is 0 Å². The Morgan fingerprint density at radius 2 is 1.27 bits per heavy atom. The lowest BCUT2D eigenvalue weighted by molar-refractivity contribution is -0.0646. The second kappa shape index (κ2) is 16.1. The second-order valence-electron chi connectivity index (χ2n) is 9.58. The fraction of sp³-hybridized carbons (Fsp3) is 0.406. The number of carbonyl (C=O) groups is 1. The van der Waals surface area contributed by atoms with Gasteiger partial charge in [0.1, 0.15) is 18.0 Å². The summed E-state index contributed by atoms with van der Waals surface area (Å²) in [4.78, 5) is 12.8. The largest absolute Gasteiger partial charge is 0.507 e. The summed E-state index contributed by atoms with van der Waals surface area (Å²) in [5.74, 6) is -0.154. The minimum Gasteiger partial charge on any atom is -0.507 e. The van der Waals surface area contributed by atoms with Gasteiger partial charge in [0.15, 0.2) is 0 Å². The first-order valence-electron chi connectivity index (χ1n) is 13.8. The molecule has 2 N–H and O–H groups in total. The van der Waals surface area contributed by atoms with Crippen molar-refractivity contribution in [2.45, 2.75) is 38.8 Å². The van der Waals surface area contributed by atoms with Crippen molar-refractivity contribution >= 4 is 5.91 Å². The molecular formula is C32H39NO7. The minimum atomic E-state index is -0.316. The molecule has 0 saturated heterocycles. The Balaban J connectivity index is 1.57. The van der Waals surface area contributed by atoms with Crippen LogP contribution >= 0.6 is 0 Å². The Labute approximate surface area is 236 Å². The van der Waals surface area contributed by atoms with Crippen molar-refractivity contribution in [1.82, 2.24) is 5.32 Å². The lowest BCUT2D eigenvalue weighted by Crippen LogP contribution is -2.24. The fourth-order valence-electron chi connectivity index (χ4n) is 4.42. The van der Waals surface area contributed by atoms with Gasteiger partial charge in [0, 0.05) is 23.2 Å². The van der Waals surface area contributed by atoms with Crippen molar-refractivity contribution < 1.29 is 33.6 Å². The molecule has 1 heterocycles. The third kappa shape index (κ3) is 8.87. The molecule has 0 saturated carbocycles. The molecule has 3 aromatic carbocycles. The summed E-state index contributed by atoms with van der Waals surface area (Å²) in [5.41, 5.74) is 3.43. The van der Waals surface area contributed by atoms with Crippen LogP contribution in [0.1, 0.15) is 58.2 Å². The van der Waals surface area contributed by atoms with Gasteiger partial charge in [-0.05, 0) is 29.7 Å². The molecule has 8 nitrogen and oxygen atoms in total. The van der Waals surface area contributed by atoms with E-state index >= 15 is 0 Å². The molecule has 214 valence electrons. The molecule has 1 aliphatic rings. The highest BCUT2D eigenvalue weighted by Crippen LogP contribution is 2.28. The number of hydrogen-bond donors (Lipinski definition) is 2. The predicted octanol–water partition coefficient (Wildman–Crippen LogP) is 5.11. The molecule has 8 heteroatoms. The standard InChI is InChI=1S/C32H39NO7/c1-2-13-33-32(35)26-18-27-20-37-22-29(24-9-5-3-6-10-24)39-16-14-36-15-17-40-30(25-11-7-4-8-12-25)23-38-21-28(19-26)31(27)34/h3-12,18-19,29-30,34H,2,13-17,20-23H2,1H3,(H,33,35)/t29-,30-/m1/s1. The van der Waals surface area contributed by atoms with Gasteiger partial charge in [-0.3, -0.25) is 4.79 Å². The molecule has 0 aromatic heterocycles. The first-order chi connectivity index (χ1) is 19.7. The van der Waals surface area contributed by atoms with Crippen LogP contribution in [0, 0.1) is 0 Å². The van der Waals surface area contributed by atoms with Crippen molar-refractivity contribution in [3.05, 3.63) is 101 Å². The van der Waals surface area contributed by atoms with Crippen molar-refractivity contribution in [3.63, 3.8) is 0 Å². The van der Waals surface area contributed by atoms with E-state index in [1.807, 2.05) is 67.6 Å². The first-order valence-corrected chi connectivity index (χ1v) is 13.8. The van der Waals surface area contributed by atoms with E-state index in [9.17, 15) is 9.90 Å². The molecule has 0 radical (unpaired) electrons. The van der Waals surface area contributed by atoms with Gasteiger partial charge in [0.2, 0.25) is 0 Å². The summed E-state index contributed by atoms with van der Waals surface area (Å²) in [6.45, 7) is 4.90. The van der Waals surface area contributed by atoms with E-state index in [-0.39, 0.29) is 50.3 Å². The lowest BCUT2D eigenvalue weighted by Gasteiger charge is -2.21. The summed E-state index contributed by atoms with van der Waals surface area (Å²) in [5, 5.41) is 14.0. The number of phenolic OH excluding ortho intramolecular Hbond substituents is 1. The minimum absolute atomic E-state index is 0.0518. The van der Waals surface area contributed by atoms with Crippen LogP contribution in [0.2, 0.25) is 0 Å². The molecular weight excluding hydrogens is 510 g/mol. The van der Waals surface area contributed by atoms with E-state index < -0.39 is 0 Å². The predicted molar refractivity (Wildman–Crippen MR) is 151 cm³/mol. The zero-order valence-corrected chi connectivity index (χ0v) is 23.1. The smallest absolute Gasteiger partial charge is 0.251 e. The highest BCUT2D eigenvalue weighted by atomic mass is 16.6. The zero-order valence-electron chi connectivity index (χ0n) is 23.1. The molecule has 0 unspecified atom stereocenters. The third-order valence-electron chi connectivity index (χ3n) is 6.56. The lowest BCUT2D eigenvalue weighted by atomic mass is 10.0. The van der Waals surface area contributed by atoms with Gasteiger partial charge in [-0.1, -0.05) is 67.6 Å². The number of hydrogen-bond acceptors (Lipinski definition) is 7. The van der Waals surface area contributed by atoms with E-state index in [0.717, 1.165) is 17.5 Å². The van der Waals surface area contributed by atoms with Crippen LogP contribution < -0.4 is 5.32 Å².